The number of aromatic nitrogens is 4. The summed E-state index contributed by atoms with van der Waals surface area (Å²) in [6, 6.07) is 2.03. The summed E-state index contributed by atoms with van der Waals surface area (Å²) in [6.07, 6.45) is 2.36. The van der Waals surface area contributed by atoms with Crippen molar-refractivity contribution in [1.82, 2.24) is 19.3 Å². The van der Waals surface area contributed by atoms with Gasteiger partial charge in [0, 0.05) is 6.54 Å². The standard InChI is InChI=1S/C12H14ClIN4O/c1-3-8-5-9(18(4-2)16-8)6-17-7-15-11(13)10(14)12(17)19/h5,7H,3-4,6H2,1-2H3. The van der Waals surface area contributed by atoms with Crippen LogP contribution in [0.25, 0.3) is 0 Å². The van der Waals surface area contributed by atoms with Crippen molar-refractivity contribution in [2.75, 3.05) is 0 Å². The van der Waals surface area contributed by atoms with Crippen molar-refractivity contribution in [2.45, 2.75) is 33.4 Å². The molecule has 0 aliphatic heterocycles. The highest BCUT2D eigenvalue weighted by molar-refractivity contribution is 14.1. The Morgan fingerprint density at radius 3 is 2.79 bits per heavy atom. The third-order valence-corrected chi connectivity index (χ3v) is 4.43. The first-order valence-corrected chi connectivity index (χ1v) is 7.48. The minimum Gasteiger partial charge on any atom is -0.292 e. The largest absolute Gasteiger partial charge is 0.292 e. The molecule has 2 heterocycles. The average Bonchev–Trinajstić information content (AvgIpc) is 2.82. The van der Waals surface area contributed by atoms with Gasteiger partial charge in [0.2, 0.25) is 0 Å². The van der Waals surface area contributed by atoms with E-state index < -0.39 is 0 Å². The minimum atomic E-state index is -0.123. The molecule has 0 N–H and O–H groups in total. The summed E-state index contributed by atoms with van der Waals surface area (Å²) in [4.78, 5) is 16.1. The molecule has 0 spiro atoms. The second kappa shape index (κ2) is 6.04. The molecule has 2 rings (SSSR count). The molecular weight excluding hydrogens is 379 g/mol. The second-order valence-electron chi connectivity index (χ2n) is 4.08. The predicted octanol–water partition coefficient (Wildman–Crippen LogP) is 2.33. The molecule has 0 saturated carbocycles. The fourth-order valence-corrected chi connectivity index (χ4v) is 2.39. The van der Waals surface area contributed by atoms with E-state index in [0.29, 0.717) is 10.1 Å². The monoisotopic (exact) mass is 392 g/mol. The molecule has 0 aliphatic rings. The summed E-state index contributed by atoms with van der Waals surface area (Å²) in [7, 11) is 0. The lowest BCUT2D eigenvalue weighted by Gasteiger charge is -2.07. The fourth-order valence-electron chi connectivity index (χ4n) is 1.82. The first kappa shape index (κ1) is 14.5. The van der Waals surface area contributed by atoms with Crippen LogP contribution in [0.1, 0.15) is 25.2 Å². The van der Waals surface area contributed by atoms with Crippen molar-refractivity contribution < 1.29 is 0 Å². The van der Waals surface area contributed by atoms with Gasteiger partial charge < -0.3 is 0 Å². The Morgan fingerprint density at radius 1 is 1.42 bits per heavy atom. The van der Waals surface area contributed by atoms with Gasteiger partial charge in [-0.05, 0) is 42.0 Å². The molecule has 0 aromatic carbocycles. The number of hydrogen-bond acceptors (Lipinski definition) is 3. The average molecular weight is 393 g/mol. The van der Waals surface area contributed by atoms with Crippen LogP contribution in [-0.2, 0) is 19.5 Å². The van der Waals surface area contributed by atoms with Crippen LogP contribution in [0.15, 0.2) is 17.2 Å². The molecule has 0 saturated heterocycles. The maximum atomic E-state index is 12.1. The van der Waals surface area contributed by atoms with Gasteiger partial charge in [0.1, 0.15) is 8.72 Å². The lowest BCUT2D eigenvalue weighted by molar-refractivity contribution is 0.585. The summed E-state index contributed by atoms with van der Waals surface area (Å²) < 4.78 is 3.91. The number of aryl methyl sites for hydroxylation is 2. The topological polar surface area (TPSA) is 52.7 Å². The van der Waals surface area contributed by atoms with E-state index in [-0.39, 0.29) is 10.7 Å². The van der Waals surface area contributed by atoms with E-state index in [0.717, 1.165) is 24.4 Å². The summed E-state index contributed by atoms with van der Waals surface area (Å²) in [5.74, 6) is 0. The number of halogens is 2. The van der Waals surface area contributed by atoms with Crippen LogP contribution >= 0.6 is 34.2 Å². The Kier molecular flexibility index (Phi) is 4.62. The molecule has 0 unspecified atom stereocenters. The molecule has 2 aromatic rings. The Bertz CT molecular complexity index is 650. The van der Waals surface area contributed by atoms with Crippen LogP contribution < -0.4 is 5.56 Å². The van der Waals surface area contributed by atoms with E-state index in [2.05, 4.69) is 17.0 Å². The van der Waals surface area contributed by atoms with Crippen molar-refractivity contribution in [2.24, 2.45) is 0 Å². The quantitative estimate of drug-likeness (QED) is 0.593. The maximum absolute atomic E-state index is 12.1. The third kappa shape index (κ3) is 3.00. The molecule has 0 atom stereocenters. The molecule has 5 nitrogen and oxygen atoms in total. The number of hydrogen-bond donors (Lipinski definition) is 0. The SMILES string of the molecule is CCc1cc(Cn2cnc(Cl)c(I)c2=O)n(CC)n1. The highest BCUT2D eigenvalue weighted by Crippen LogP contribution is 2.11. The van der Waals surface area contributed by atoms with E-state index >= 15 is 0 Å². The maximum Gasteiger partial charge on any atom is 0.268 e. The first-order valence-electron chi connectivity index (χ1n) is 6.02. The molecule has 7 heteroatoms. The van der Waals surface area contributed by atoms with Gasteiger partial charge in [-0.25, -0.2) is 4.98 Å². The molecule has 0 amide bonds. The summed E-state index contributed by atoms with van der Waals surface area (Å²) in [6.45, 7) is 5.33. The predicted molar refractivity (Wildman–Crippen MR) is 82.6 cm³/mol. The van der Waals surface area contributed by atoms with Crippen LogP contribution in [0.5, 0.6) is 0 Å². The highest BCUT2D eigenvalue weighted by Gasteiger charge is 2.10. The fraction of sp³-hybridized carbons (Fsp3) is 0.417. The van der Waals surface area contributed by atoms with E-state index in [1.807, 2.05) is 40.3 Å². The summed E-state index contributed by atoms with van der Waals surface area (Å²) in [5, 5.41) is 4.72. The van der Waals surface area contributed by atoms with Gasteiger partial charge in [0.25, 0.3) is 5.56 Å². The molecule has 0 radical (unpaired) electrons. The van der Waals surface area contributed by atoms with Crippen molar-refractivity contribution >= 4 is 34.2 Å². The van der Waals surface area contributed by atoms with E-state index in [9.17, 15) is 4.79 Å². The Morgan fingerprint density at radius 2 is 2.16 bits per heavy atom. The lowest BCUT2D eigenvalue weighted by Crippen LogP contribution is -2.24. The zero-order valence-corrected chi connectivity index (χ0v) is 13.6. The van der Waals surface area contributed by atoms with Gasteiger partial charge in [-0.15, -0.1) is 0 Å². The van der Waals surface area contributed by atoms with Gasteiger partial charge in [-0.3, -0.25) is 14.0 Å². The normalized spacial score (nSPS) is 10.9. The van der Waals surface area contributed by atoms with Gasteiger partial charge in [0.15, 0.2) is 0 Å². The van der Waals surface area contributed by atoms with Crippen molar-refractivity contribution in [3.05, 3.63) is 42.9 Å². The van der Waals surface area contributed by atoms with Gasteiger partial charge in [-0.2, -0.15) is 5.10 Å². The van der Waals surface area contributed by atoms with Gasteiger partial charge >= 0.3 is 0 Å². The van der Waals surface area contributed by atoms with Crippen LogP contribution in [0, 0.1) is 3.57 Å². The van der Waals surface area contributed by atoms with E-state index in [1.54, 1.807) is 4.57 Å². The van der Waals surface area contributed by atoms with Crippen LogP contribution in [0.4, 0.5) is 0 Å². The minimum absolute atomic E-state index is 0.123. The third-order valence-electron chi connectivity index (χ3n) is 2.85. The highest BCUT2D eigenvalue weighted by atomic mass is 127. The Hall–Kier alpha value is -0.890. The van der Waals surface area contributed by atoms with Gasteiger partial charge in [0.05, 0.1) is 24.3 Å². The smallest absolute Gasteiger partial charge is 0.268 e. The lowest BCUT2D eigenvalue weighted by atomic mass is 10.3. The molecule has 19 heavy (non-hydrogen) atoms. The van der Waals surface area contributed by atoms with Crippen LogP contribution in [0.3, 0.4) is 0 Å². The van der Waals surface area contributed by atoms with E-state index in [1.165, 1.54) is 6.33 Å². The van der Waals surface area contributed by atoms with Crippen LogP contribution in [0.2, 0.25) is 5.15 Å². The van der Waals surface area contributed by atoms with Crippen molar-refractivity contribution in [3.63, 3.8) is 0 Å². The molecule has 0 fully saturated rings. The Balaban J connectivity index is 2.39. The molecule has 2 aromatic heterocycles. The summed E-state index contributed by atoms with van der Waals surface area (Å²) in [5.41, 5.74) is 1.91. The van der Waals surface area contributed by atoms with Crippen LogP contribution in [-0.4, -0.2) is 19.3 Å². The molecular formula is C12H14ClIN4O. The zero-order chi connectivity index (χ0) is 14.0. The number of nitrogens with zero attached hydrogens (tertiary/aromatic N) is 4. The second-order valence-corrected chi connectivity index (χ2v) is 5.52. The first-order chi connectivity index (χ1) is 9.06. The molecule has 0 aliphatic carbocycles. The number of rotatable bonds is 4. The van der Waals surface area contributed by atoms with Gasteiger partial charge in [-0.1, -0.05) is 18.5 Å². The molecule has 0 bridgehead atoms. The zero-order valence-electron chi connectivity index (χ0n) is 10.7. The van der Waals surface area contributed by atoms with E-state index in [4.69, 9.17) is 11.6 Å². The molecule has 102 valence electrons. The summed E-state index contributed by atoms with van der Waals surface area (Å²) >= 11 is 7.74. The van der Waals surface area contributed by atoms with Crippen molar-refractivity contribution in [1.29, 1.82) is 0 Å². The Labute approximate surface area is 129 Å². The van der Waals surface area contributed by atoms with Crippen molar-refractivity contribution in [3.8, 4) is 0 Å².